The Morgan fingerprint density at radius 1 is 1.06 bits per heavy atom. The first-order valence-corrected chi connectivity index (χ1v) is 13.8. The van der Waals surface area contributed by atoms with Crippen LogP contribution in [0.15, 0.2) is 72.9 Å². The van der Waals surface area contributed by atoms with Gasteiger partial charge in [-0.2, -0.15) is 9.40 Å². The van der Waals surface area contributed by atoms with Gasteiger partial charge in [0.1, 0.15) is 0 Å². The average Bonchev–Trinajstić information content (AvgIpc) is 3.26. The van der Waals surface area contributed by atoms with Crippen molar-refractivity contribution in [3.63, 3.8) is 0 Å². The molecule has 0 N–H and O–H groups in total. The lowest BCUT2D eigenvalue weighted by molar-refractivity contribution is -0.127. The summed E-state index contributed by atoms with van der Waals surface area (Å²) in [6.07, 6.45) is 7.94. The molecule has 1 aromatic heterocycles. The molecule has 0 atom stereocenters. The van der Waals surface area contributed by atoms with Crippen LogP contribution in [0.25, 0.3) is 17.3 Å². The molecule has 1 aliphatic rings. The van der Waals surface area contributed by atoms with Gasteiger partial charge in [0.05, 0.1) is 18.5 Å². The summed E-state index contributed by atoms with van der Waals surface area (Å²) in [5.41, 5.74) is 3.85. The van der Waals surface area contributed by atoms with Gasteiger partial charge in [-0.05, 0) is 24.5 Å². The van der Waals surface area contributed by atoms with Crippen LogP contribution >= 0.6 is 0 Å². The fraction of sp³-hybridized carbons (Fsp3) is 0.333. The Hall–Kier alpha value is -3.23. The number of piperidine rings is 1. The number of benzene rings is 2. The third-order valence-corrected chi connectivity index (χ3v) is 7.76. The summed E-state index contributed by atoms with van der Waals surface area (Å²) in [7, 11) is -3.24. The third kappa shape index (κ3) is 6.26. The monoisotopic (exact) mass is 492 g/mol. The third-order valence-electron chi connectivity index (χ3n) is 6.35. The van der Waals surface area contributed by atoms with Crippen LogP contribution < -0.4 is 0 Å². The number of aromatic nitrogens is 2. The Kier molecular flexibility index (Phi) is 7.83. The van der Waals surface area contributed by atoms with Crippen LogP contribution in [0.1, 0.15) is 30.9 Å². The minimum Gasteiger partial charge on any atom is -0.339 e. The van der Waals surface area contributed by atoms with E-state index in [0.717, 1.165) is 22.4 Å². The topological polar surface area (TPSA) is 75.5 Å². The van der Waals surface area contributed by atoms with Gasteiger partial charge in [-0.3, -0.25) is 9.48 Å². The molecule has 35 heavy (non-hydrogen) atoms. The molecule has 1 amide bonds. The molecule has 0 unspecified atom stereocenters. The van der Waals surface area contributed by atoms with E-state index in [0.29, 0.717) is 39.0 Å². The van der Waals surface area contributed by atoms with Crippen molar-refractivity contribution in [1.82, 2.24) is 19.0 Å². The fourth-order valence-corrected chi connectivity index (χ4v) is 5.86. The minimum atomic E-state index is -3.24. The van der Waals surface area contributed by atoms with Crippen molar-refractivity contribution in [2.75, 3.05) is 25.9 Å². The molecule has 1 fully saturated rings. The first-order valence-electron chi connectivity index (χ1n) is 12.0. The van der Waals surface area contributed by atoms with Crippen molar-refractivity contribution in [3.05, 3.63) is 84.1 Å². The summed E-state index contributed by atoms with van der Waals surface area (Å²) in [6, 6.07) is 20.0. The number of sulfonamides is 1. The largest absolute Gasteiger partial charge is 0.339 e. The summed E-state index contributed by atoms with van der Waals surface area (Å²) < 4.78 is 27.5. The molecule has 3 aromatic rings. The molecule has 2 aromatic carbocycles. The second kappa shape index (κ2) is 11.0. The lowest BCUT2D eigenvalue weighted by Gasteiger charge is -2.36. The number of nitrogens with zero attached hydrogens (tertiary/aromatic N) is 4. The molecule has 0 radical (unpaired) electrons. The standard InChI is InChI=1S/C27H32N4O3S/c1-3-31(35(2,33)34)25-16-18-29(19-17-25)26(32)15-14-24-21-30(20-22-10-6-4-7-11-22)28-27(24)23-12-8-5-9-13-23/h4-15,21,25H,3,16-20H2,1-2H3/b15-14+. The first-order chi connectivity index (χ1) is 16.8. The van der Waals surface area contributed by atoms with E-state index < -0.39 is 10.0 Å². The van der Waals surface area contributed by atoms with E-state index in [1.807, 2.05) is 72.4 Å². The van der Waals surface area contributed by atoms with Crippen molar-refractivity contribution in [3.8, 4) is 11.3 Å². The molecule has 7 nitrogen and oxygen atoms in total. The number of carbonyl (C=O) groups excluding carboxylic acids is 1. The number of rotatable bonds is 8. The summed E-state index contributed by atoms with van der Waals surface area (Å²) in [5, 5.41) is 4.81. The van der Waals surface area contributed by atoms with E-state index in [1.54, 1.807) is 11.0 Å². The van der Waals surface area contributed by atoms with E-state index in [-0.39, 0.29) is 11.9 Å². The zero-order chi connectivity index (χ0) is 24.8. The Bertz CT molecular complexity index is 1260. The van der Waals surface area contributed by atoms with Crippen LogP contribution in [0.2, 0.25) is 0 Å². The van der Waals surface area contributed by atoms with E-state index in [1.165, 1.54) is 10.6 Å². The van der Waals surface area contributed by atoms with Crippen molar-refractivity contribution in [2.24, 2.45) is 0 Å². The predicted octanol–water partition coefficient (Wildman–Crippen LogP) is 3.88. The number of amides is 1. The molecular weight excluding hydrogens is 460 g/mol. The average molecular weight is 493 g/mol. The molecule has 8 heteroatoms. The van der Waals surface area contributed by atoms with Crippen molar-refractivity contribution < 1.29 is 13.2 Å². The zero-order valence-electron chi connectivity index (χ0n) is 20.2. The first kappa shape index (κ1) is 24.9. The highest BCUT2D eigenvalue weighted by molar-refractivity contribution is 7.88. The number of likely N-dealkylation sites (tertiary alicyclic amines) is 1. The number of hydrogen-bond donors (Lipinski definition) is 0. The van der Waals surface area contributed by atoms with E-state index in [2.05, 4.69) is 12.1 Å². The van der Waals surface area contributed by atoms with Crippen LogP contribution in [-0.4, -0.2) is 65.2 Å². The SMILES string of the molecule is CCN(C1CCN(C(=O)/C=C/c2cn(Cc3ccccc3)nc2-c2ccccc2)CC1)S(C)(=O)=O. The Morgan fingerprint density at radius 2 is 1.69 bits per heavy atom. The quantitative estimate of drug-likeness (QED) is 0.447. The van der Waals surface area contributed by atoms with Gasteiger partial charge in [0, 0.05) is 49.1 Å². The van der Waals surface area contributed by atoms with Crippen molar-refractivity contribution in [1.29, 1.82) is 0 Å². The summed E-state index contributed by atoms with van der Waals surface area (Å²) in [6.45, 7) is 4.03. The van der Waals surface area contributed by atoms with Gasteiger partial charge in [0.25, 0.3) is 0 Å². The highest BCUT2D eigenvalue weighted by atomic mass is 32.2. The molecule has 4 rings (SSSR count). The van der Waals surface area contributed by atoms with Gasteiger partial charge in [-0.1, -0.05) is 67.6 Å². The Balaban J connectivity index is 1.48. The molecule has 0 bridgehead atoms. The molecule has 1 aliphatic heterocycles. The highest BCUT2D eigenvalue weighted by Crippen LogP contribution is 2.24. The van der Waals surface area contributed by atoms with Crippen LogP contribution in [0.4, 0.5) is 0 Å². The van der Waals surface area contributed by atoms with Crippen LogP contribution in [0.5, 0.6) is 0 Å². The maximum Gasteiger partial charge on any atom is 0.246 e. The van der Waals surface area contributed by atoms with E-state index >= 15 is 0 Å². The number of carbonyl (C=O) groups is 1. The zero-order valence-corrected chi connectivity index (χ0v) is 21.1. The molecule has 2 heterocycles. The Morgan fingerprint density at radius 3 is 2.29 bits per heavy atom. The lowest BCUT2D eigenvalue weighted by Crippen LogP contribution is -2.48. The van der Waals surface area contributed by atoms with Crippen LogP contribution in [0.3, 0.4) is 0 Å². The van der Waals surface area contributed by atoms with Crippen LogP contribution in [-0.2, 0) is 21.4 Å². The molecule has 1 saturated heterocycles. The Labute approximate surface area is 207 Å². The molecule has 0 saturated carbocycles. The van der Waals surface area contributed by atoms with Gasteiger partial charge in [-0.25, -0.2) is 8.42 Å². The van der Waals surface area contributed by atoms with Crippen LogP contribution in [0, 0.1) is 0 Å². The summed E-state index contributed by atoms with van der Waals surface area (Å²) in [5.74, 6) is -0.0688. The molecular formula is C27H32N4O3S. The second-order valence-electron chi connectivity index (χ2n) is 8.84. The van der Waals surface area contributed by atoms with E-state index in [9.17, 15) is 13.2 Å². The molecule has 184 valence electrons. The van der Waals surface area contributed by atoms with E-state index in [4.69, 9.17) is 5.10 Å². The maximum absolute atomic E-state index is 12.9. The van der Waals surface area contributed by atoms with Crippen molar-refractivity contribution >= 4 is 22.0 Å². The van der Waals surface area contributed by atoms with Gasteiger partial charge in [0.2, 0.25) is 15.9 Å². The van der Waals surface area contributed by atoms with Gasteiger partial charge < -0.3 is 4.90 Å². The summed E-state index contributed by atoms with van der Waals surface area (Å²) in [4.78, 5) is 14.7. The summed E-state index contributed by atoms with van der Waals surface area (Å²) >= 11 is 0. The predicted molar refractivity (Wildman–Crippen MR) is 139 cm³/mol. The smallest absolute Gasteiger partial charge is 0.246 e. The second-order valence-corrected chi connectivity index (χ2v) is 10.8. The molecule has 0 spiro atoms. The van der Waals surface area contributed by atoms with Crippen molar-refractivity contribution in [2.45, 2.75) is 32.4 Å². The maximum atomic E-state index is 12.9. The normalized spacial score (nSPS) is 15.2. The van der Waals surface area contributed by atoms with Gasteiger partial charge >= 0.3 is 0 Å². The van der Waals surface area contributed by atoms with Gasteiger partial charge in [0.15, 0.2) is 0 Å². The molecule has 0 aliphatic carbocycles. The minimum absolute atomic E-state index is 0.0519. The fourth-order valence-electron chi connectivity index (χ4n) is 4.63. The number of hydrogen-bond acceptors (Lipinski definition) is 4. The lowest BCUT2D eigenvalue weighted by atomic mass is 10.0. The highest BCUT2D eigenvalue weighted by Gasteiger charge is 2.30. The van der Waals surface area contributed by atoms with Gasteiger partial charge in [-0.15, -0.1) is 0 Å².